The minimum absolute atomic E-state index is 0.157. The van der Waals surface area contributed by atoms with Gasteiger partial charge in [-0.05, 0) is 36.8 Å². The van der Waals surface area contributed by atoms with E-state index in [4.69, 9.17) is 5.11 Å². The van der Waals surface area contributed by atoms with Gasteiger partial charge in [-0.2, -0.15) is 18.3 Å². The Bertz CT molecular complexity index is 799. The second-order valence-corrected chi connectivity index (χ2v) is 5.77. The second-order valence-electron chi connectivity index (χ2n) is 5.77. The summed E-state index contributed by atoms with van der Waals surface area (Å²) in [7, 11) is 0. The smallest absolute Gasteiger partial charge is 0.435 e. The van der Waals surface area contributed by atoms with E-state index in [0.29, 0.717) is 24.2 Å². The molecule has 2 aromatic rings. The molecule has 6 nitrogen and oxygen atoms in total. The highest BCUT2D eigenvalue weighted by molar-refractivity contribution is 5.95. The number of alkyl halides is 3. The van der Waals surface area contributed by atoms with Gasteiger partial charge in [0.2, 0.25) is 0 Å². The molecule has 0 unspecified atom stereocenters. The van der Waals surface area contributed by atoms with Gasteiger partial charge in [-0.15, -0.1) is 0 Å². The van der Waals surface area contributed by atoms with Gasteiger partial charge in [0.25, 0.3) is 5.91 Å². The fourth-order valence-corrected chi connectivity index (χ4v) is 2.70. The van der Waals surface area contributed by atoms with Crippen LogP contribution in [0.1, 0.15) is 22.5 Å². The van der Waals surface area contributed by atoms with Crippen LogP contribution in [-0.2, 0) is 11.0 Å². The van der Waals surface area contributed by atoms with Crippen molar-refractivity contribution in [2.24, 2.45) is 5.92 Å². The summed E-state index contributed by atoms with van der Waals surface area (Å²) in [5.41, 5.74) is -0.265. The monoisotopic (exact) mass is 353 g/mol. The van der Waals surface area contributed by atoms with E-state index in [-0.39, 0.29) is 12.5 Å². The van der Waals surface area contributed by atoms with E-state index in [1.165, 1.54) is 35.4 Å². The van der Waals surface area contributed by atoms with E-state index >= 15 is 0 Å². The maximum Gasteiger partial charge on any atom is 0.435 e. The Morgan fingerprint density at radius 3 is 2.36 bits per heavy atom. The van der Waals surface area contributed by atoms with E-state index in [2.05, 4.69) is 5.10 Å². The summed E-state index contributed by atoms with van der Waals surface area (Å²) < 4.78 is 38.8. The lowest BCUT2D eigenvalue weighted by Crippen LogP contribution is -2.29. The van der Waals surface area contributed by atoms with Crippen LogP contribution < -0.4 is 0 Å². The fraction of sp³-hybridized carbons (Fsp3) is 0.312. The molecule has 0 spiro atoms. The number of carboxylic acid groups (broad SMARTS) is 1. The van der Waals surface area contributed by atoms with Gasteiger partial charge in [0.05, 0.1) is 11.6 Å². The molecule has 1 atom stereocenters. The summed E-state index contributed by atoms with van der Waals surface area (Å²) in [6, 6.07) is 6.83. The lowest BCUT2D eigenvalue weighted by Gasteiger charge is -2.16. The summed E-state index contributed by atoms with van der Waals surface area (Å²) in [6.45, 7) is 0.523. The molecule has 1 aliphatic heterocycles. The quantitative estimate of drug-likeness (QED) is 0.920. The van der Waals surface area contributed by atoms with Crippen molar-refractivity contribution in [2.75, 3.05) is 13.1 Å². The van der Waals surface area contributed by atoms with Crippen LogP contribution in [0.4, 0.5) is 13.2 Å². The van der Waals surface area contributed by atoms with Crippen LogP contribution in [-0.4, -0.2) is 44.8 Å². The highest BCUT2D eigenvalue weighted by Gasteiger charge is 2.34. The number of amides is 1. The van der Waals surface area contributed by atoms with Gasteiger partial charge in [-0.25, -0.2) is 4.68 Å². The third kappa shape index (κ3) is 3.49. The predicted octanol–water partition coefficient (Wildman–Crippen LogP) is 2.44. The van der Waals surface area contributed by atoms with Crippen molar-refractivity contribution in [3.05, 3.63) is 47.8 Å². The van der Waals surface area contributed by atoms with Crippen LogP contribution in [0.3, 0.4) is 0 Å². The molecule has 1 aromatic heterocycles. The SMILES string of the molecule is O=C(O)[C@@H]1CCN(C(=O)c2ccc(-n3ccc(C(F)(F)F)n3)cc2)C1. The van der Waals surface area contributed by atoms with Crippen LogP contribution >= 0.6 is 0 Å². The molecule has 1 aliphatic rings. The number of carboxylic acids is 1. The number of aromatic nitrogens is 2. The Balaban J connectivity index is 1.73. The highest BCUT2D eigenvalue weighted by Crippen LogP contribution is 2.28. The Morgan fingerprint density at radius 2 is 1.84 bits per heavy atom. The Labute approximate surface area is 140 Å². The standard InChI is InChI=1S/C16H14F3N3O3/c17-16(18,19)13-6-8-22(20-13)12-3-1-10(2-4-12)14(23)21-7-5-11(9-21)15(24)25/h1-4,6,8,11H,5,7,9H2,(H,24,25)/t11-/m1/s1. The summed E-state index contributed by atoms with van der Waals surface area (Å²) in [5, 5.41) is 12.4. The zero-order chi connectivity index (χ0) is 18.2. The number of hydrogen-bond acceptors (Lipinski definition) is 3. The number of carbonyl (C=O) groups excluding carboxylic acids is 1. The van der Waals surface area contributed by atoms with Gasteiger partial charge in [0.1, 0.15) is 0 Å². The first kappa shape index (κ1) is 17.0. The second kappa shape index (κ2) is 6.23. The average Bonchev–Trinajstić information content (AvgIpc) is 3.23. The molecule has 1 aromatic carbocycles. The largest absolute Gasteiger partial charge is 0.481 e. The third-order valence-corrected chi connectivity index (χ3v) is 4.08. The molecular formula is C16H14F3N3O3. The molecule has 132 valence electrons. The van der Waals surface area contributed by atoms with Crippen molar-refractivity contribution in [3.8, 4) is 5.69 Å². The van der Waals surface area contributed by atoms with Crippen molar-refractivity contribution < 1.29 is 27.9 Å². The Hall–Kier alpha value is -2.84. The first-order chi connectivity index (χ1) is 11.8. The molecule has 25 heavy (non-hydrogen) atoms. The Morgan fingerprint density at radius 1 is 1.16 bits per heavy atom. The molecule has 1 N–H and O–H groups in total. The summed E-state index contributed by atoms with van der Waals surface area (Å²) in [5.74, 6) is -1.79. The normalized spacial score (nSPS) is 17.7. The minimum Gasteiger partial charge on any atom is -0.481 e. The molecular weight excluding hydrogens is 339 g/mol. The van der Waals surface area contributed by atoms with Crippen LogP contribution in [0.25, 0.3) is 5.69 Å². The van der Waals surface area contributed by atoms with Crippen LogP contribution in [0.15, 0.2) is 36.5 Å². The van der Waals surface area contributed by atoms with Crippen molar-refractivity contribution in [3.63, 3.8) is 0 Å². The third-order valence-electron chi connectivity index (χ3n) is 4.08. The molecule has 1 amide bonds. The summed E-state index contributed by atoms with van der Waals surface area (Å²) >= 11 is 0. The number of hydrogen-bond donors (Lipinski definition) is 1. The Kier molecular flexibility index (Phi) is 4.23. The molecule has 2 heterocycles. The van der Waals surface area contributed by atoms with E-state index in [1.54, 1.807) is 0 Å². The number of benzene rings is 1. The van der Waals surface area contributed by atoms with E-state index in [0.717, 1.165) is 10.7 Å². The molecule has 0 radical (unpaired) electrons. The lowest BCUT2D eigenvalue weighted by atomic mass is 10.1. The number of aliphatic carboxylic acids is 1. The fourth-order valence-electron chi connectivity index (χ4n) is 2.70. The van der Waals surface area contributed by atoms with Crippen molar-refractivity contribution in [1.82, 2.24) is 14.7 Å². The topological polar surface area (TPSA) is 75.4 Å². The number of likely N-dealkylation sites (tertiary alicyclic amines) is 1. The number of carbonyl (C=O) groups is 2. The predicted molar refractivity (Wildman–Crippen MR) is 80.2 cm³/mol. The maximum atomic E-state index is 12.6. The average molecular weight is 353 g/mol. The minimum atomic E-state index is -4.52. The number of rotatable bonds is 3. The van der Waals surface area contributed by atoms with Crippen molar-refractivity contribution >= 4 is 11.9 Å². The summed E-state index contributed by atoms with van der Waals surface area (Å²) in [4.78, 5) is 24.8. The van der Waals surface area contributed by atoms with Crippen LogP contribution in [0, 0.1) is 5.92 Å². The van der Waals surface area contributed by atoms with Gasteiger partial charge in [-0.1, -0.05) is 0 Å². The van der Waals surface area contributed by atoms with Crippen LogP contribution in [0.2, 0.25) is 0 Å². The molecule has 0 aliphatic carbocycles. The summed E-state index contributed by atoms with van der Waals surface area (Å²) in [6.07, 6.45) is -2.91. The molecule has 0 saturated carbocycles. The van der Waals surface area contributed by atoms with Crippen LogP contribution in [0.5, 0.6) is 0 Å². The molecule has 1 saturated heterocycles. The zero-order valence-corrected chi connectivity index (χ0v) is 12.9. The van der Waals surface area contributed by atoms with Gasteiger partial charge in [-0.3, -0.25) is 9.59 Å². The zero-order valence-electron chi connectivity index (χ0n) is 12.9. The van der Waals surface area contributed by atoms with Gasteiger partial charge in [0, 0.05) is 24.8 Å². The lowest BCUT2D eigenvalue weighted by molar-refractivity contribution is -0.142. The van der Waals surface area contributed by atoms with Gasteiger partial charge < -0.3 is 10.0 Å². The van der Waals surface area contributed by atoms with Gasteiger partial charge >= 0.3 is 12.1 Å². The number of halogens is 3. The molecule has 9 heteroatoms. The van der Waals surface area contributed by atoms with Crippen molar-refractivity contribution in [2.45, 2.75) is 12.6 Å². The first-order valence-corrected chi connectivity index (χ1v) is 7.51. The highest BCUT2D eigenvalue weighted by atomic mass is 19.4. The number of nitrogens with zero attached hydrogens (tertiary/aromatic N) is 3. The molecule has 3 rings (SSSR count). The maximum absolute atomic E-state index is 12.6. The van der Waals surface area contributed by atoms with E-state index in [1.807, 2.05) is 0 Å². The van der Waals surface area contributed by atoms with E-state index < -0.39 is 23.8 Å². The van der Waals surface area contributed by atoms with E-state index in [9.17, 15) is 22.8 Å². The molecule has 0 bridgehead atoms. The van der Waals surface area contributed by atoms with Crippen molar-refractivity contribution in [1.29, 1.82) is 0 Å². The molecule has 1 fully saturated rings. The first-order valence-electron chi connectivity index (χ1n) is 7.51. The van der Waals surface area contributed by atoms with Gasteiger partial charge in [0.15, 0.2) is 5.69 Å².